The Morgan fingerprint density at radius 1 is 1.11 bits per heavy atom. The predicted octanol–water partition coefficient (Wildman–Crippen LogP) is 3.29. The Bertz CT molecular complexity index is 703. The molecule has 0 saturated heterocycles. The van der Waals surface area contributed by atoms with E-state index in [-0.39, 0.29) is 0 Å². The summed E-state index contributed by atoms with van der Waals surface area (Å²) in [6, 6.07) is 10.2. The lowest BCUT2D eigenvalue weighted by Crippen LogP contribution is -1.87. The molecule has 88 valence electrons. The van der Waals surface area contributed by atoms with E-state index in [9.17, 15) is 0 Å². The van der Waals surface area contributed by atoms with E-state index in [4.69, 9.17) is 0 Å². The Morgan fingerprint density at radius 3 is 2.78 bits per heavy atom. The first kappa shape index (κ1) is 11.3. The predicted molar refractivity (Wildman–Crippen MR) is 80.0 cm³/mol. The number of aromatic nitrogens is 4. The number of hydrogen-bond donors (Lipinski definition) is 1. The summed E-state index contributed by atoms with van der Waals surface area (Å²) >= 11 is 2.31. The molecule has 0 atom stereocenters. The van der Waals surface area contributed by atoms with Crippen LogP contribution >= 0.6 is 22.6 Å². The van der Waals surface area contributed by atoms with Gasteiger partial charge in [0.1, 0.15) is 11.8 Å². The van der Waals surface area contributed by atoms with Crippen LogP contribution in [0.2, 0.25) is 0 Å². The lowest BCUT2D eigenvalue weighted by atomic mass is 10.2. The number of nitrogens with zero attached hydrogens (tertiary/aromatic N) is 3. The number of imidazole rings is 1. The van der Waals surface area contributed by atoms with Crippen molar-refractivity contribution in [3.63, 3.8) is 0 Å². The van der Waals surface area contributed by atoms with Crippen molar-refractivity contribution in [2.45, 2.75) is 0 Å². The summed E-state index contributed by atoms with van der Waals surface area (Å²) in [5.74, 6) is 0. The van der Waals surface area contributed by atoms with Crippen LogP contribution in [-0.2, 0) is 0 Å². The second-order valence-corrected chi connectivity index (χ2v) is 4.88. The molecule has 5 heteroatoms. The second-order valence-electron chi connectivity index (χ2n) is 3.72. The smallest absolute Gasteiger partial charge is 0.181 e. The third kappa shape index (κ3) is 2.13. The first-order chi connectivity index (χ1) is 8.84. The first-order valence-corrected chi connectivity index (χ1v) is 6.49. The van der Waals surface area contributed by atoms with E-state index < -0.39 is 0 Å². The highest BCUT2D eigenvalue weighted by atomic mass is 127. The SMILES string of the molecule is I/C(=C\c1ncnc2nc[nH]c12)c1ccccc1. The lowest BCUT2D eigenvalue weighted by Gasteiger charge is -2.00. The molecule has 0 bridgehead atoms. The van der Waals surface area contributed by atoms with Crippen molar-refractivity contribution in [2.24, 2.45) is 0 Å². The van der Waals surface area contributed by atoms with E-state index in [2.05, 4.69) is 54.7 Å². The Morgan fingerprint density at radius 2 is 1.94 bits per heavy atom. The van der Waals surface area contributed by atoms with Crippen LogP contribution in [0.25, 0.3) is 20.8 Å². The van der Waals surface area contributed by atoms with E-state index in [1.165, 1.54) is 11.9 Å². The normalized spacial score (nSPS) is 11.9. The molecular formula is C13H9IN4. The number of nitrogens with one attached hydrogen (secondary N) is 1. The summed E-state index contributed by atoms with van der Waals surface area (Å²) in [6.45, 7) is 0. The van der Waals surface area contributed by atoms with Crippen LogP contribution in [0, 0.1) is 0 Å². The molecule has 0 fully saturated rings. The van der Waals surface area contributed by atoms with Gasteiger partial charge in [-0.2, -0.15) is 0 Å². The monoisotopic (exact) mass is 348 g/mol. The highest BCUT2D eigenvalue weighted by Crippen LogP contribution is 2.25. The van der Waals surface area contributed by atoms with Crippen LogP contribution in [0.15, 0.2) is 43.0 Å². The van der Waals surface area contributed by atoms with Crippen LogP contribution in [-0.4, -0.2) is 19.9 Å². The number of H-pyrrole nitrogens is 1. The van der Waals surface area contributed by atoms with Gasteiger partial charge in [-0.25, -0.2) is 15.0 Å². The molecule has 3 rings (SSSR count). The van der Waals surface area contributed by atoms with Crippen molar-refractivity contribution in [1.82, 2.24) is 19.9 Å². The minimum absolute atomic E-state index is 0.688. The molecule has 2 aromatic heterocycles. The van der Waals surface area contributed by atoms with Gasteiger partial charge in [0.05, 0.1) is 12.0 Å². The molecule has 2 heterocycles. The average molecular weight is 348 g/mol. The van der Waals surface area contributed by atoms with E-state index in [1.54, 1.807) is 6.33 Å². The van der Waals surface area contributed by atoms with Crippen LogP contribution in [0.4, 0.5) is 0 Å². The molecular weight excluding hydrogens is 339 g/mol. The van der Waals surface area contributed by atoms with Crippen LogP contribution in [0.5, 0.6) is 0 Å². The zero-order valence-electron chi connectivity index (χ0n) is 9.34. The molecule has 18 heavy (non-hydrogen) atoms. The van der Waals surface area contributed by atoms with Crippen molar-refractivity contribution in [1.29, 1.82) is 0 Å². The van der Waals surface area contributed by atoms with Crippen molar-refractivity contribution in [3.05, 3.63) is 54.2 Å². The van der Waals surface area contributed by atoms with Gasteiger partial charge in [0.15, 0.2) is 5.65 Å². The van der Waals surface area contributed by atoms with Gasteiger partial charge in [-0.1, -0.05) is 30.3 Å². The van der Waals surface area contributed by atoms with Gasteiger partial charge in [-0.3, -0.25) is 0 Å². The van der Waals surface area contributed by atoms with E-state index in [0.29, 0.717) is 5.65 Å². The van der Waals surface area contributed by atoms with Crippen LogP contribution in [0.1, 0.15) is 11.3 Å². The molecule has 0 unspecified atom stereocenters. The quantitative estimate of drug-likeness (QED) is 0.723. The van der Waals surface area contributed by atoms with Crippen LogP contribution < -0.4 is 0 Å². The summed E-state index contributed by atoms with van der Waals surface area (Å²) in [5.41, 5.74) is 3.58. The molecule has 3 aromatic rings. The highest BCUT2D eigenvalue weighted by molar-refractivity contribution is 14.1. The third-order valence-electron chi connectivity index (χ3n) is 2.57. The van der Waals surface area contributed by atoms with Crippen molar-refractivity contribution in [2.75, 3.05) is 0 Å². The number of benzene rings is 1. The third-order valence-corrected chi connectivity index (χ3v) is 3.50. The van der Waals surface area contributed by atoms with E-state index >= 15 is 0 Å². The highest BCUT2D eigenvalue weighted by Gasteiger charge is 2.04. The maximum atomic E-state index is 4.28. The summed E-state index contributed by atoms with van der Waals surface area (Å²) in [4.78, 5) is 15.6. The van der Waals surface area contributed by atoms with Gasteiger partial charge in [0.2, 0.25) is 0 Å². The topological polar surface area (TPSA) is 54.5 Å². The molecule has 0 spiro atoms. The summed E-state index contributed by atoms with van der Waals surface area (Å²) in [5, 5.41) is 0. The molecule has 4 nitrogen and oxygen atoms in total. The molecule has 0 aliphatic heterocycles. The zero-order valence-corrected chi connectivity index (χ0v) is 11.5. The molecule has 0 aliphatic rings. The van der Waals surface area contributed by atoms with Gasteiger partial charge in [-0.15, -0.1) is 0 Å². The summed E-state index contributed by atoms with van der Waals surface area (Å²) < 4.78 is 1.13. The summed E-state index contributed by atoms with van der Waals surface area (Å²) in [7, 11) is 0. The Hall–Kier alpha value is -1.76. The lowest BCUT2D eigenvalue weighted by molar-refractivity contribution is 1.19. The minimum atomic E-state index is 0.688. The fourth-order valence-corrected chi connectivity index (χ4v) is 2.35. The number of fused-ring (bicyclic) bond motifs is 1. The Kier molecular flexibility index (Phi) is 3.06. The molecule has 0 amide bonds. The Balaban J connectivity index is 2.08. The van der Waals surface area contributed by atoms with Crippen molar-refractivity contribution in [3.8, 4) is 0 Å². The molecule has 0 radical (unpaired) electrons. The first-order valence-electron chi connectivity index (χ1n) is 5.41. The maximum Gasteiger partial charge on any atom is 0.181 e. The Labute approximate surface area is 117 Å². The van der Waals surface area contributed by atoms with Gasteiger partial charge >= 0.3 is 0 Å². The minimum Gasteiger partial charge on any atom is -0.341 e. The van der Waals surface area contributed by atoms with E-state index in [0.717, 1.165) is 14.8 Å². The van der Waals surface area contributed by atoms with Gasteiger partial charge in [0, 0.05) is 3.58 Å². The maximum absolute atomic E-state index is 4.28. The van der Waals surface area contributed by atoms with Crippen molar-refractivity contribution < 1.29 is 0 Å². The van der Waals surface area contributed by atoms with Gasteiger partial charge in [0.25, 0.3) is 0 Å². The summed E-state index contributed by atoms with van der Waals surface area (Å²) in [6.07, 6.45) is 5.19. The zero-order chi connectivity index (χ0) is 12.4. The molecule has 1 N–H and O–H groups in total. The second kappa shape index (κ2) is 4.85. The van der Waals surface area contributed by atoms with Gasteiger partial charge in [-0.05, 0) is 34.2 Å². The van der Waals surface area contributed by atoms with Gasteiger partial charge < -0.3 is 4.98 Å². The number of rotatable bonds is 2. The average Bonchev–Trinajstić information content (AvgIpc) is 2.89. The molecule has 1 aromatic carbocycles. The van der Waals surface area contributed by atoms with Crippen LogP contribution in [0.3, 0.4) is 0 Å². The number of halogens is 1. The number of hydrogen-bond acceptors (Lipinski definition) is 3. The fourth-order valence-electron chi connectivity index (χ4n) is 1.69. The van der Waals surface area contributed by atoms with Crippen molar-refractivity contribution >= 4 is 43.4 Å². The van der Waals surface area contributed by atoms with E-state index in [1.807, 2.05) is 24.3 Å². The largest absolute Gasteiger partial charge is 0.341 e. The standard InChI is InChI=1S/C13H9IN4/c14-10(9-4-2-1-3-5-9)6-11-12-13(17-7-15-11)18-8-16-12/h1-8H,(H,15,16,17,18)/b10-6-. The molecule has 0 aliphatic carbocycles. The fraction of sp³-hybridized carbons (Fsp3) is 0. The number of aromatic amines is 1. The molecule has 0 saturated carbocycles.